The zero-order valence-electron chi connectivity index (χ0n) is 18.6. The number of aromatic carboxylic acids is 1. The summed E-state index contributed by atoms with van der Waals surface area (Å²) in [7, 11) is -2.15. The van der Waals surface area contributed by atoms with Crippen LogP contribution < -0.4 is 9.91 Å². The van der Waals surface area contributed by atoms with Gasteiger partial charge in [-0.15, -0.1) is 4.59 Å². The third kappa shape index (κ3) is 4.95. The standard InChI is InChI=1S/C23H24ClN3O5S2/c1-26-20(22(29)30)15-33-23(26)25-27(10-3-2-4-11-27)21(28)9-12-34(31,32)19-8-6-16-13-18(24)7-5-17(16)14-19/h5-8,13-15H,2-4,9-12H2,1H3/b25-23-. The van der Waals surface area contributed by atoms with E-state index >= 15 is 0 Å². The molecule has 1 aliphatic heterocycles. The average Bonchev–Trinajstić information content (AvgIpc) is 3.17. The van der Waals surface area contributed by atoms with Gasteiger partial charge in [0.1, 0.15) is 13.1 Å². The van der Waals surface area contributed by atoms with Crippen LogP contribution in [0, 0.1) is 0 Å². The van der Waals surface area contributed by atoms with Gasteiger partial charge in [0, 0.05) is 17.5 Å². The van der Waals surface area contributed by atoms with Crippen molar-refractivity contribution in [3.05, 3.63) is 57.3 Å². The third-order valence-corrected chi connectivity index (χ3v) is 9.00. The van der Waals surface area contributed by atoms with E-state index in [0.29, 0.717) is 22.9 Å². The number of aromatic nitrogens is 1. The molecule has 0 N–H and O–H groups in total. The molecule has 2 aromatic carbocycles. The second-order valence-corrected chi connectivity index (χ2v) is 11.8. The minimum Gasteiger partial charge on any atom is -0.543 e. The number of hydrogen-bond donors (Lipinski definition) is 0. The Balaban J connectivity index is 1.59. The highest BCUT2D eigenvalue weighted by Crippen LogP contribution is 2.25. The van der Waals surface area contributed by atoms with Crippen LogP contribution in [0.3, 0.4) is 0 Å². The fourth-order valence-electron chi connectivity index (χ4n) is 4.19. The van der Waals surface area contributed by atoms with Crippen LogP contribution >= 0.6 is 22.9 Å². The SMILES string of the molecule is Cn1c(C(=O)[O-])cs/c1=N\[N+]1(C(=O)CCS(=O)(=O)c2ccc3cc(Cl)ccc3c2)CCCCC1. The Hall–Kier alpha value is -2.53. The normalized spacial score (nSPS) is 16.6. The van der Waals surface area contributed by atoms with Crippen LogP contribution in [0.25, 0.3) is 10.8 Å². The number of likely N-dealkylation sites (tertiary alicyclic amines) is 1. The quantitative estimate of drug-likeness (QED) is 0.463. The summed E-state index contributed by atoms with van der Waals surface area (Å²) < 4.78 is 27.2. The summed E-state index contributed by atoms with van der Waals surface area (Å²) in [5.74, 6) is -1.94. The Morgan fingerprint density at radius 2 is 1.79 bits per heavy atom. The predicted octanol–water partition coefficient (Wildman–Crippen LogP) is 2.46. The van der Waals surface area contributed by atoms with Crippen LogP contribution in [-0.4, -0.2) is 48.3 Å². The number of quaternary nitrogens is 1. The zero-order valence-corrected chi connectivity index (χ0v) is 21.0. The van der Waals surface area contributed by atoms with Gasteiger partial charge in [-0.05, 0) is 59.4 Å². The van der Waals surface area contributed by atoms with E-state index in [1.54, 1.807) is 37.4 Å². The lowest BCUT2D eigenvalue weighted by Gasteiger charge is -2.32. The molecule has 0 unspecified atom stereocenters. The van der Waals surface area contributed by atoms with Crippen LogP contribution in [0.4, 0.5) is 0 Å². The summed E-state index contributed by atoms with van der Waals surface area (Å²) in [6.07, 6.45) is 2.32. The Bertz CT molecular complexity index is 1440. The van der Waals surface area contributed by atoms with Crippen molar-refractivity contribution in [3.8, 4) is 0 Å². The smallest absolute Gasteiger partial charge is 0.340 e. The lowest BCUT2D eigenvalue weighted by atomic mass is 10.1. The number of sulfone groups is 1. The van der Waals surface area contributed by atoms with Gasteiger partial charge < -0.3 is 14.5 Å². The number of carboxylic acids is 1. The molecular weight excluding hydrogens is 498 g/mol. The van der Waals surface area contributed by atoms with Crippen LogP contribution in [0.2, 0.25) is 5.02 Å². The number of halogens is 1. The van der Waals surface area contributed by atoms with E-state index in [-0.39, 0.29) is 33.3 Å². The summed E-state index contributed by atoms with van der Waals surface area (Å²) in [4.78, 5) is 25.2. The predicted molar refractivity (Wildman–Crippen MR) is 128 cm³/mol. The molecule has 1 fully saturated rings. The highest BCUT2D eigenvalue weighted by atomic mass is 35.5. The highest BCUT2D eigenvalue weighted by molar-refractivity contribution is 7.91. The number of hydrogen-bond acceptors (Lipinski definition) is 7. The minimum absolute atomic E-state index is 0.0217. The van der Waals surface area contributed by atoms with Crippen molar-refractivity contribution in [2.24, 2.45) is 12.1 Å². The molecule has 0 bridgehead atoms. The molecule has 0 radical (unpaired) electrons. The molecule has 34 heavy (non-hydrogen) atoms. The van der Waals surface area contributed by atoms with Gasteiger partial charge in [-0.1, -0.05) is 35.1 Å². The maximum Gasteiger partial charge on any atom is 0.340 e. The van der Waals surface area contributed by atoms with E-state index in [1.165, 1.54) is 16.0 Å². The van der Waals surface area contributed by atoms with Gasteiger partial charge in [0.15, 0.2) is 9.84 Å². The Morgan fingerprint density at radius 3 is 2.47 bits per heavy atom. The maximum absolute atomic E-state index is 13.4. The number of piperidine rings is 1. The fraction of sp³-hybridized carbons (Fsp3) is 0.348. The highest BCUT2D eigenvalue weighted by Gasteiger charge is 2.39. The van der Waals surface area contributed by atoms with Crippen LogP contribution in [0.1, 0.15) is 36.2 Å². The van der Waals surface area contributed by atoms with E-state index in [4.69, 9.17) is 11.6 Å². The first kappa shape index (κ1) is 24.6. The van der Waals surface area contributed by atoms with Crippen molar-refractivity contribution >= 4 is 55.4 Å². The zero-order chi connectivity index (χ0) is 24.5. The van der Waals surface area contributed by atoms with Gasteiger partial charge in [-0.2, -0.15) is 0 Å². The molecule has 1 aliphatic rings. The average molecular weight is 522 g/mol. The second kappa shape index (κ2) is 9.61. The fourth-order valence-corrected chi connectivity index (χ4v) is 6.56. The van der Waals surface area contributed by atoms with E-state index in [1.807, 2.05) is 0 Å². The molecule has 11 heteroatoms. The first-order chi connectivity index (χ1) is 16.1. The molecule has 0 atom stereocenters. The molecule has 180 valence electrons. The van der Waals surface area contributed by atoms with Gasteiger partial charge in [0.25, 0.3) is 0 Å². The largest absolute Gasteiger partial charge is 0.543 e. The number of benzene rings is 2. The number of fused-ring (bicyclic) bond motifs is 1. The summed E-state index contributed by atoms with van der Waals surface area (Å²) in [6.45, 7) is 0.905. The molecule has 0 spiro atoms. The summed E-state index contributed by atoms with van der Waals surface area (Å²) >= 11 is 7.12. The number of carboxylic acid groups (broad SMARTS) is 1. The van der Waals surface area contributed by atoms with Crippen LogP contribution in [0.15, 0.2) is 51.8 Å². The molecular formula is C23H24ClN3O5S2. The third-order valence-electron chi connectivity index (χ3n) is 6.15. The van der Waals surface area contributed by atoms with Crippen LogP contribution in [0.5, 0.6) is 0 Å². The molecule has 1 aromatic heterocycles. The van der Waals surface area contributed by atoms with Crippen molar-refractivity contribution in [2.45, 2.75) is 30.6 Å². The van der Waals surface area contributed by atoms with Crippen molar-refractivity contribution < 1.29 is 27.7 Å². The van der Waals surface area contributed by atoms with Gasteiger partial charge in [0.2, 0.25) is 4.80 Å². The Morgan fingerprint density at radius 1 is 1.12 bits per heavy atom. The van der Waals surface area contributed by atoms with Gasteiger partial charge in [0.05, 0.1) is 28.7 Å². The monoisotopic (exact) mass is 521 g/mol. The minimum atomic E-state index is -3.70. The number of amides is 1. The van der Waals surface area contributed by atoms with E-state index in [9.17, 15) is 23.1 Å². The maximum atomic E-state index is 13.4. The molecule has 1 saturated heterocycles. The number of carbonyl (C=O) groups excluding carboxylic acids is 2. The number of thiazole rings is 1. The van der Waals surface area contributed by atoms with Crippen molar-refractivity contribution in [1.29, 1.82) is 0 Å². The van der Waals surface area contributed by atoms with Gasteiger partial charge in [-0.25, -0.2) is 13.2 Å². The van der Waals surface area contributed by atoms with Gasteiger partial charge in [-0.3, -0.25) is 0 Å². The van der Waals surface area contributed by atoms with E-state index in [0.717, 1.165) is 41.4 Å². The number of carbonyl (C=O) groups is 2. The van der Waals surface area contributed by atoms with Crippen molar-refractivity contribution in [3.63, 3.8) is 0 Å². The summed E-state index contributed by atoms with van der Waals surface area (Å²) in [5, 5.41) is 19.5. The van der Waals surface area contributed by atoms with E-state index < -0.39 is 15.8 Å². The molecule has 0 aliphatic carbocycles. The number of nitrogens with zero attached hydrogens (tertiary/aromatic N) is 3. The first-order valence-corrected chi connectivity index (χ1v) is 13.8. The summed E-state index contributed by atoms with van der Waals surface area (Å²) in [5.41, 5.74) is -0.0217. The van der Waals surface area contributed by atoms with Crippen molar-refractivity contribution in [2.75, 3.05) is 18.8 Å². The molecule has 4 rings (SSSR count). The molecule has 1 amide bonds. The Kier molecular flexibility index (Phi) is 6.95. The van der Waals surface area contributed by atoms with Crippen LogP contribution in [-0.2, 0) is 21.7 Å². The summed E-state index contributed by atoms with van der Waals surface area (Å²) in [6, 6.07) is 10.0. The molecule has 0 saturated carbocycles. The molecule has 8 nitrogen and oxygen atoms in total. The molecule has 2 heterocycles. The second-order valence-electron chi connectivity index (χ2n) is 8.40. The topological polar surface area (TPSA) is 109 Å². The van der Waals surface area contributed by atoms with Crippen molar-refractivity contribution in [1.82, 2.24) is 4.57 Å². The lowest BCUT2D eigenvalue weighted by Crippen LogP contribution is -2.53. The molecule has 3 aromatic rings. The first-order valence-electron chi connectivity index (χ1n) is 10.9. The number of rotatable bonds is 6. The Labute approximate surface area is 206 Å². The van der Waals surface area contributed by atoms with Gasteiger partial charge >= 0.3 is 5.91 Å². The van der Waals surface area contributed by atoms with E-state index in [2.05, 4.69) is 5.10 Å². The lowest BCUT2D eigenvalue weighted by molar-refractivity contribution is -0.869.